The van der Waals surface area contributed by atoms with E-state index >= 15 is 0 Å². The minimum Gasteiger partial charge on any atom is -0.349 e. The zero-order valence-corrected chi connectivity index (χ0v) is 14.7. The van der Waals surface area contributed by atoms with Gasteiger partial charge in [0, 0.05) is 17.0 Å². The van der Waals surface area contributed by atoms with Gasteiger partial charge in [0.15, 0.2) is 0 Å². The molecule has 0 radical (unpaired) electrons. The SMILES string of the molecule is CC(C)CC(NC(=O)C(C)C(C)N)c1ccc(Cl)cc1.Cl. The first-order chi connectivity index (χ1) is 9.31. The van der Waals surface area contributed by atoms with Gasteiger partial charge in [-0.3, -0.25) is 4.79 Å². The molecule has 3 N–H and O–H groups in total. The lowest BCUT2D eigenvalue weighted by Gasteiger charge is -2.24. The highest BCUT2D eigenvalue weighted by atomic mass is 35.5. The van der Waals surface area contributed by atoms with Crippen molar-refractivity contribution in [3.8, 4) is 0 Å². The maximum absolute atomic E-state index is 12.2. The summed E-state index contributed by atoms with van der Waals surface area (Å²) in [7, 11) is 0. The van der Waals surface area contributed by atoms with E-state index in [1.807, 2.05) is 38.1 Å². The van der Waals surface area contributed by atoms with Crippen LogP contribution in [0.5, 0.6) is 0 Å². The smallest absolute Gasteiger partial charge is 0.224 e. The van der Waals surface area contributed by atoms with Gasteiger partial charge in [-0.05, 0) is 37.0 Å². The van der Waals surface area contributed by atoms with Crippen LogP contribution in [-0.2, 0) is 4.79 Å². The van der Waals surface area contributed by atoms with Crippen LogP contribution in [0.25, 0.3) is 0 Å². The predicted molar refractivity (Wildman–Crippen MR) is 91.9 cm³/mol. The number of hydrogen-bond donors (Lipinski definition) is 2. The van der Waals surface area contributed by atoms with Crippen molar-refractivity contribution in [3.63, 3.8) is 0 Å². The monoisotopic (exact) mass is 332 g/mol. The van der Waals surface area contributed by atoms with Crippen molar-refractivity contribution in [1.29, 1.82) is 0 Å². The van der Waals surface area contributed by atoms with Crippen molar-refractivity contribution in [1.82, 2.24) is 5.32 Å². The van der Waals surface area contributed by atoms with Gasteiger partial charge in [-0.15, -0.1) is 12.4 Å². The Hall–Kier alpha value is -0.770. The van der Waals surface area contributed by atoms with Crippen LogP contribution < -0.4 is 11.1 Å². The van der Waals surface area contributed by atoms with Gasteiger partial charge in [-0.2, -0.15) is 0 Å². The van der Waals surface area contributed by atoms with Crippen molar-refractivity contribution in [2.24, 2.45) is 17.6 Å². The molecule has 1 rings (SSSR count). The van der Waals surface area contributed by atoms with E-state index in [9.17, 15) is 4.79 Å². The molecule has 1 aromatic rings. The molecule has 0 heterocycles. The highest BCUT2D eigenvalue weighted by molar-refractivity contribution is 6.30. The lowest BCUT2D eigenvalue weighted by molar-refractivity contribution is -0.125. The van der Waals surface area contributed by atoms with Crippen molar-refractivity contribution < 1.29 is 4.79 Å². The number of amides is 1. The molecule has 21 heavy (non-hydrogen) atoms. The van der Waals surface area contributed by atoms with Crippen molar-refractivity contribution in [2.75, 3.05) is 0 Å². The summed E-state index contributed by atoms with van der Waals surface area (Å²) in [6, 6.07) is 7.48. The van der Waals surface area contributed by atoms with E-state index in [-0.39, 0.29) is 36.3 Å². The third kappa shape index (κ3) is 6.68. The number of halogens is 2. The van der Waals surface area contributed by atoms with Gasteiger partial charge in [0.05, 0.1) is 6.04 Å². The van der Waals surface area contributed by atoms with Crippen LogP contribution in [-0.4, -0.2) is 11.9 Å². The molecule has 5 heteroatoms. The second-order valence-electron chi connectivity index (χ2n) is 5.89. The van der Waals surface area contributed by atoms with Gasteiger partial charge in [0.25, 0.3) is 0 Å². The Morgan fingerprint density at radius 2 is 1.71 bits per heavy atom. The fourth-order valence-corrected chi connectivity index (χ4v) is 2.11. The van der Waals surface area contributed by atoms with E-state index in [2.05, 4.69) is 19.2 Å². The number of benzene rings is 1. The first-order valence-corrected chi connectivity index (χ1v) is 7.50. The summed E-state index contributed by atoms with van der Waals surface area (Å²) in [4.78, 5) is 12.2. The molecule has 0 fully saturated rings. The van der Waals surface area contributed by atoms with Crippen molar-refractivity contribution in [3.05, 3.63) is 34.9 Å². The Kier molecular flexibility index (Phi) is 8.95. The molecule has 3 unspecified atom stereocenters. The van der Waals surface area contributed by atoms with Crippen LogP contribution in [0.1, 0.15) is 45.7 Å². The van der Waals surface area contributed by atoms with Crippen LogP contribution in [0.3, 0.4) is 0 Å². The van der Waals surface area contributed by atoms with Crippen molar-refractivity contribution in [2.45, 2.75) is 46.2 Å². The summed E-state index contributed by atoms with van der Waals surface area (Å²) < 4.78 is 0. The number of rotatable bonds is 6. The minimum atomic E-state index is -0.197. The summed E-state index contributed by atoms with van der Waals surface area (Å²) in [5.74, 6) is 0.291. The standard InChI is InChI=1S/C16H25ClN2O.ClH/c1-10(2)9-15(13-5-7-14(17)8-6-13)19-16(20)11(3)12(4)18;/h5-8,10-12,15H,9,18H2,1-4H3,(H,19,20);1H. The molecule has 0 aromatic heterocycles. The zero-order valence-electron chi connectivity index (χ0n) is 13.1. The van der Waals surface area contributed by atoms with Gasteiger partial charge >= 0.3 is 0 Å². The summed E-state index contributed by atoms with van der Waals surface area (Å²) in [6.07, 6.45) is 0.888. The lowest BCUT2D eigenvalue weighted by atomic mass is 9.95. The Morgan fingerprint density at radius 3 is 2.14 bits per heavy atom. The topological polar surface area (TPSA) is 55.1 Å². The second kappa shape index (κ2) is 9.29. The molecule has 0 saturated heterocycles. The van der Waals surface area contributed by atoms with Crippen molar-refractivity contribution >= 4 is 29.9 Å². The van der Waals surface area contributed by atoms with Gasteiger partial charge < -0.3 is 11.1 Å². The molecule has 0 spiro atoms. The molecule has 1 amide bonds. The Labute approximate surface area is 139 Å². The fraction of sp³-hybridized carbons (Fsp3) is 0.562. The first kappa shape index (κ1) is 20.2. The zero-order chi connectivity index (χ0) is 15.3. The average molecular weight is 333 g/mol. The molecular formula is C16H26Cl2N2O. The summed E-state index contributed by atoms with van der Waals surface area (Å²) in [5, 5.41) is 3.80. The van der Waals surface area contributed by atoms with E-state index in [0.29, 0.717) is 10.9 Å². The molecule has 0 saturated carbocycles. The Morgan fingerprint density at radius 1 is 1.19 bits per heavy atom. The van der Waals surface area contributed by atoms with E-state index in [0.717, 1.165) is 12.0 Å². The molecule has 0 aliphatic heterocycles. The number of carbonyl (C=O) groups excluding carboxylic acids is 1. The Bertz CT molecular complexity index is 432. The van der Waals surface area contributed by atoms with Crippen LogP contribution in [0.4, 0.5) is 0 Å². The third-order valence-corrected chi connectivity index (χ3v) is 3.75. The van der Waals surface area contributed by atoms with Crippen LogP contribution in [0.2, 0.25) is 5.02 Å². The maximum Gasteiger partial charge on any atom is 0.224 e. The molecule has 3 nitrogen and oxygen atoms in total. The number of nitrogens with one attached hydrogen (secondary N) is 1. The van der Waals surface area contributed by atoms with E-state index < -0.39 is 0 Å². The van der Waals surface area contributed by atoms with E-state index in [4.69, 9.17) is 17.3 Å². The molecule has 0 aliphatic rings. The summed E-state index contributed by atoms with van der Waals surface area (Å²) in [6.45, 7) is 7.99. The lowest BCUT2D eigenvalue weighted by Crippen LogP contribution is -2.40. The highest BCUT2D eigenvalue weighted by Gasteiger charge is 2.22. The van der Waals surface area contributed by atoms with Gasteiger partial charge in [0.2, 0.25) is 5.91 Å². The van der Waals surface area contributed by atoms with E-state index in [1.54, 1.807) is 0 Å². The number of carbonyl (C=O) groups is 1. The fourth-order valence-electron chi connectivity index (χ4n) is 1.99. The average Bonchev–Trinajstić information content (AvgIpc) is 2.37. The summed E-state index contributed by atoms with van der Waals surface area (Å²) >= 11 is 5.92. The Balaban J connectivity index is 0.00000400. The normalized spacial score (nSPS) is 15.0. The number of hydrogen-bond acceptors (Lipinski definition) is 2. The molecule has 120 valence electrons. The van der Waals surface area contributed by atoms with E-state index in [1.165, 1.54) is 0 Å². The minimum absolute atomic E-state index is 0. The highest BCUT2D eigenvalue weighted by Crippen LogP contribution is 2.23. The van der Waals surface area contributed by atoms with Crippen LogP contribution in [0.15, 0.2) is 24.3 Å². The van der Waals surface area contributed by atoms with Crippen LogP contribution in [0, 0.1) is 11.8 Å². The van der Waals surface area contributed by atoms with Crippen LogP contribution >= 0.6 is 24.0 Å². The predicted octanol–water partition coefficient (Wildman–Crippen LogP) is 3.95. The maximum atomic E-state index is 12.2. The van der Waals surface area contributed by atoms with Gasteiger partial charge in [0.1, 0.15) is 0 Å². The molecule has 0 bridgehead atoms. The molecule has 0 aliphatic carbocycles. The molecule has 1 aromatic carbocycles. The number of nitrogens with two attached hydrogens (primary N) is 1. The van der Waals surface area contributed by atoms with Gasteiger partial charge in [-0.1, -0.05) is 44.5 Å². The quantitative estimate of drug-likeness (QED) is 0.828. The summed E-state index contributed by atoms with van der Waals surface area (Å²) in [5.41, 5.74) is 6.87. The first-order valence-electron chi connectivity index (χ1n) is 7.12. The third-order valence-electron chi connectivity index (χ3n) is 3.50. The largest absolute Gasteiger partial charge is 0.349 e. The second-order valence-corrected chi connectivity index (χ2v) is 6.33. The van der Waals surface area contributed by atoms with Gasteiger partial charge in [-0.25, -0.2) is 0 Å². The molecular weight excluding hydrogens is 307 g/mol. The molecule has 3 atom stereocenters.